The number of fused-ring (bicyclic) bond motifs is 4. The SMILES string of the molecule is O=C(NCCCCCNS(=O)(=O)c1ccc(C2=c3cc4c5c(c3Oc3c2cc2c6c3CCCN6CCC2)CCC[N+]=5CCC4)c(S(=O)(=O)[O-])c1)c1ccc(CCl)cc1. The van der Waals surface area contributed by atoms with E-state index in [1.54, 1.807) is 12.1 Å². The van der Waals surface area contributed by atoms with Gasteiger partial charge < -0.3 is 19.5 Å². The topological polar surface area (TPSA) is 148 Å². The molecule has 0 unspecified atom stereocenters. The van der Waals surface area contributed by atoms with Crippen LogP contribution in [0.5, 0.6) is 11.5 Å². The molecule has 0 saturated heterocycles. The Morgan fingerprint density at radius 2 is 1.52 bits per heavy atom. The summed E-state index contributed by atoms with van der Waals surface area (Å²) >= 11 is 5.83. The van der Waals surface area contributed by atoms with Crippen LogP contribution in [0.3, 0.4) is 0 Å². The van der Waals surface area contributed by atoms with Gasteiger partial charge in [-0.3, -0.25) is 4.79 Å². The minimum atomic E-state index is -5.16. The number of nitrogens with zero attached hydrogens (tertiary/aromatic N) is 2. The molecule has 0 saturated carbocycles. The van der Waals surface area contributed by atoms with Gasteiger partial charge in [0.1, 0.15) is 34.7 Å². The Morgan fingerprint density at radius 1 is 0.793 bits per heavy atom. The van der Waals surface area contributed by atoms with Crippen LogP contribution in [0.1, 0.15) is 94.2 Å². The van der Waals surface area contributed by atoms with E-state index in [0.717, 1.165) is 111 Å². The lowest BCUT2D eigenvalue weighted by Crippen LogP contribution is -2.45. The maximum absolute atomic E-state index is 13.6. The molecule has 9 rings (SSSR count). The van der Waals surface area contributed by atoms with Crippen molar-refractivity contribution in [3.63, 3.8) is 0 Å². The summed E-state index contributed by atoms with van der Waals surface area (Å²) in [6.07, 6.45) is 9.13. The van der Waals surface area contributed by atoms with Crippen LogP contribution < -0.4 is 34.8 Å². The van der Waals surface area contributed by atoms with Crippen LogP contribution in [0, 0.1) is 0 Å². The summed E-state index contributed by atoms with van der Waals surface area (Å²) in [4.78, 5) is 14.0. The van der Waals surface area contributed by atoms with Crippen molar-refractivity contribution in [1.82, 2.24) is 14.6 Å². The molecule has 0 bridgehead atoms. The number of aryl methyl sites for hydroxylation is 2. The van der Waals surface area contributed by atoms with Crippen molar-refractivity contribution in [1.29, 1.82) is 0 Å². The van der Waals surface area contributed by atoms with Crippen molar-refractivity contribution in [2.45, 2.75) is 86.3 Å². The Kier molecular flexibility index (Phi) is 10.6. The largest absolute Gasteiger partial charge is 0.744 e. The summed E-state index contributed by atoms with van der Waals surface area (Å²) in [6, 6.07) is 15.2. The highest BCUT2D eigenvalue weighted by molar-refractivity contribution is 7.89. The summed E-state index contributed by atoms with van der Waals surface area (Å²) in [5.74, 6) is 1.61. The number of halogens is 1. The Bertz CT molecular complexity index is 2690. The molecule has 0 aromatic heterocycles. The van der Waals surface area contributed by atoms with Gasteiger partial charge in [-0.05, 0) is 98.9 Å². The second-order valence-electron chi connectivity index (χ2n) is 16.0. The first kappa shape index (κ1) is 39.2. The Hall–Kier alpha value is -4.27. The van der Waals surface area contributed by atoms with Crippen LogP contribution in [0.15, 0.2) is 64.4 Å². The molecule has 1 amide bonds. The molecule has 11 nitrogen and oxygen atoms in total. The summed E-state index contributed by atoms with van der Waals surface area (Å²) in [5, 5.41) is 4.84. The fraction of sp³-hybridized carbons (Fsp3) is 0.409. The number of nitrogens with one attached hydrogen (secondary N) is 2. The van der Waals surface area contributed by atoms with E-state index in [2.05, 4.69) is 31.6 Å². The highest BCUT2D eigenvalue weighted by Gasteiger charge is 2.36. The van der Waals surface area contributed by atoms with Gasteiger partial charge in [0.15, 0.2) is 0 Å². The number of anilines is 1. The van der Waals surface area contributed by atoms with Crippen molar-refractivity contribution in [3.8, 4) is 11.5 Å². The van der Waals surface area contributed by atoms with E-state index in [0.29, 0.717) is 54.3 Å². The second kappa shape index (κ2) is 15.7. The molecule has 5 heterocycles. The molecule has 14 heteroatoms. The zero-order valence-electron chi connectivity index (χ0n) is 32.4. The van der Waals surface area contributed by atoms with Gasteiger partial charge in [-0.15, -0.1) is 11.6 Å². The molecule has 0 atom stereocenters. The molecule has 4 aromatic carbocycles. The number of rotatable bonds is 12. The quantitative estimate of drug-likeness (QED) is 0.0800. The van der Waals surface area contributed by atoms with E-state index < -0.39 is 25.0 Å². The van der Waals surface area contributed by atoms with Gasteiger partial charge in [0.2, 0.25) is 15.4 Å². The van der Waals surface area contributed by atoms with E-state index in [1.165, 1.54) is 34.3 Å². The van der Waals surface area contributed by atoms with Gasteiger partial charge in [0, 0.05) is 89.2 Å². The second-order valence-corrected chi connectivity index (χ2v) is 19.4. The Labute approximate surface area is 344 Å². The van der Waals surface area contributed by atoms with Crippen LogP contribution in [0.25, 0.3) is 5.57 Å². The molecule has 2 N–H and O–H groups in total. The maximum atomic E-state index is 13.6. The number of hydrogen-bond donors (Lipinski definition) is 2. The molecule has 0 aliphatic carbocycles. The number of carbonyl (C=O) groups is 1. The summed E-state index contributed by atoms with van der Waals surface area (Å²) < 4.78 is 79.2. The molecule has 304 valence electrons. The lowest BCUT2D eigenvalue weighted by atomic mass is 9.82. The van der Waals surface area contributed by atoms with Crippen LogP contribution in [0.2, 0.25) is 0 Å². The Morgan fingerprint density at radius 3 is 2.29 bits per heavy atom. The number of hydrogen-bond acceptors (Lipinski definition) is 8. The zero-order chi connectivity index (χ0) is 40.2. The third-order valence-corrected chi connectivity index (χ3v) is 14.9. The Balaban J connectivity index is 1.04. The summed E-state index contributed by atoms with van der Waals surface area (Å²) in [7, 11) is -9.34. The van der Waals surface area contributed by atoms with E-state index >= 15 is 0 Å². The van der Waals surface area contributed by atoms with E-state index in [1.807, 2.05) is 12.1 Å². The van der Waals surface area contributed by atoms with Gasteiger partial charge in [-0.25, -0.2) is 26.1 Å². The van der Waals surface area contributed by atoms with E-state index in [-0.39, 0.29) is 22.9 Å². The van der Waals surface area contributed by atoms with Crippen molar-refractivity contribution in [3.05, 3.63) is 110 Å². The normalized spacial score (nSPS) is 16.8. The average Bonchev–Trinajstić information content (AvgIpc) is 3.22. The fourth-order valence-corrected chi connectivity index (χ4v) is 11.7. The molecule has 0 spiro atoms. The van der Waals surface area contributed by atoms with Crippen molar-refractivity contribution < 1.29 is 30.9 Å². The molecule has 58 heavy (non-hydrogen) atoms. The molecule has 4 aromatic rings. The summed E-state index contributed by atoms with van der Waals surface area (Å²) in [5.41, 5.74) is 8.82. The molecule has 5 aliphatic rings. The number of ether oxygens (including phenoxy) is 1. The van der Waals surface area contributed by atoms with Crippen LogP contribution >= 0.6 is 11.6 Å². The molecule has 5 aliphatic heterocycles. The smallest absolute Gasteiger partial charge is 0.251 e. The van der Waals surface area contributed by atoms with Crippen LogP contribution in [-0.2, 0) is 51.7 Å². The van der Waals surface area contributed by atoms with Crippen molar-refractivity contribution in [2.75, 3.05) is 44.2 Å². The summed E-state index contributed by atoms with van der Waals surface area (Å²) in [6.45, 7) is 4.44. The first-order valence-electron chi connectivity index (χ1n) is 20.5. The van der Waals surface area contributed by atoms with Gasteiger partial charge >= 0.3 is 0 Å². The van der Waals surface area contributed by atoms with Gasteiger partial charge in [0.25, 0.3) is 5.91 Å². The van der Waals surface area contributed by atoms with Gasteiger partial charge in [0.05, 0.1) is 15.4 Å². The van der Waals surface area contributed by atoms with Crippen molar-refractivity contribution >= 4 is 48.9 Å². The lowest BCUT2D eigenvalue weighted by molar-refractivity contribution is 0.0953. The minimum absolute atomic E-state index is 0.0999. The average molecular weight is 843 g/mol. The first-order chi connectivity index (χ1) is 28.0. The number of benzene rings is 4. The van der Waals surface area contributed by atoms with E-state index in [9.17, 15) is 26.2 Å². The fourth-order valence-electron chi connectivity index (χ4n) is 9.65. The van der Waals surface area contributed by atoms with Crippen LogP contribution in [0.4, 0.5) is 5.69 Å². The predicted molar refractivity (Wildman–Crippen MR) is 222 cm³/mol. The molecular weight excluding hydrogens is 796 g/mol. The highest BCUT2D eigenvalue weighted by atomic mass is 35.5. The molecular formula is C44H47ClN4O7S2. The molecule has 0 radical (unpaired) electrons. The monoisotopic (exact) mass is 842 g/mol. The highest BCUT2D eigenvalue weighted by Crippen LogP contribution is 2.49. The van der Waals surface area contributed by atoms with Crippen LogP contribution in [-0.4, -0.2) is 66.6 Å². The van der Waals surface area contributed by atoms with Gasteiger partial charge in [-0.1, -0.05) is 24.6 Å². The minimum Gasteiger partial charge on any atom is -0.744 e. The molecule has 0 fully saturated rings. The third-order valence-electron chi connectivity index (χ3n) is 12.3. The number of unbranched alkanes of at least 4 members (excludes halogenated alkanes) is 2. The first-order valence-corrected chi connectivity index (χ1v) is 23.9. The maximum Gasteiger partial charge on any atom is 0.251 e. The number of sulfonamides is 1. The van der Waals surface area contributed by atoms with Gasteiger partial charge in [-0.2, -0.15) is 0 Å². The predicted octanol–water partition coefficient (Wildman–Crippen LogP) is 4.64. The number of carbonyl (C=O) groups excluding carboxylic acids is 1. The lowest BCUT2D eigenvalue weighted by Gasteiger charge is -2.39. The standard InChI is InChI=1S/C44H47ClN4O7S2/c45-27-28-12-14-29(15-13-28)44(50)46-18-2-1-3-19-47-57(51,52)32-16-17-33(38(26-32)58(53,54)55)39-36-24-30-8-4-20-48-22-6-10-34(40(30)48)42(36)56-43-35-11-7-23-49-21-5-9-31(41(35)49)25-37(39)43/h12-17,24-26,47H,1-11,18-23,27H2,(H-,46,50,53,54,55). The third kappa shape index (κ3) is 7.23. The number of alkyl halides is 1. The number of amides is 1. The van der Waals surface area contributed by atoms with Crippen molar-refractivity contribution in [2.24, 2.45) is 0 Å². The zero-order valence-corrected chi connectivity index (χ0v) is 34.8. The van der Waals surface area contributed by atoms with E-state index in [4.69, 9.17) is 16.3 Å².